The monoisotopic (exact) mass is 241 g/mol. The molecule has 4 heteroatoms. The van der Waals surface area contributed by atoms with Crippen LogP contribution in [0.1, 0.15) is 29.4 Å². The summed E-state index contributed by atoms with van der Waals surface area (Å²) in [4.78, 5) is 8.88. The van der Waals surface area contributed by atoms with Crippen LogP contribution in [0, 0.1) is 6.92 Å². The Morgan fingerprint density at radius 1 is 1.28 bits per heavy atom. The number of fused-ring (bicyclic) bond motifs is 1. The van der Waals surface area contributed by atoms with Gasteiger partial charge in [0.25, 0.3) is 0 Å². The summed E-state index contributed by atoms with van der Waals surface area (Å²) in [5.74, 6) is 2.43. The van der Waals surface area contributed by atoms with Crippen molar-refractivity contribution in [2.75, 3.05) is 12.3 Å². The number of para-hydroxylation sites is 1. The summed E-state index contributed by atoms with van der Waals surface area (Å²) in [6.07, 6.45) is 0.889. The number of rotatable bonds is 1. The fourth-order valence-electron chi connectivity index (χ4n) is 2.38. The van der Waals surface area contributed by atoms with E-state index in [0.29, 0.717) is 12.4 Å². The molecule has 0 fully saturated rings. The molecule has 0 radical (unpaired) electrons. The van der Waals surface area contributed by atoms with Crippen LogP contribution in [0.15, 0.2) is 30.3 Å². The SMILES string of the molecule is Cc1cc(N)nc(C2CCOc3ccccc32)n1. The first kappa shape index (κ1) is 11.0. The van der Waals surface area contributed by atoms with Gasteiger partial charge < -0.3 is 10.5 Å². The molecule has 0 saturated carbocycles. The van der Waals surface area contributed by atoms with Gasteiger partial charge in [-0.1, -0.05) is 18.2 Å². The zero-order valence-electron chi connectivity index (χ0n) is 10.3. The van der Waals surface area contributed by atoms with E-state index >= 15 is 0 Å². The second-order valence-corrected chi connectivity index (χ2v) is 4.52. The average Bonchev–Trinajstić information content (AvgIpc) is 2.37. The molecule has 0 bridgehead atoms. The molecule has 1 aliphatic rings. The lowest BCUT2D eigenvalue weighted by molar-refractivity contribution is 0.274. The third-order valence-corrected chi connectivity index (χ3v) is 3.16. The van der Waals surface area contributed by atoms with Crippen LogP contribution in [0.3, 0.4) is 0 Å². The van der Waals surface area contributed by atoms with Gasteiger partial charge in [0.1, 0.15) is 17.4 Å². The van der Waals surface area contributed by atoms with Crippen molar-refractivity contribution in [1.29, 1.82) is 0 Å². The van der Waals surface area contributed by atoms with E-state index in [0.717, 1.165) is 29.3 Å². The number of aryl methyl sites for hydroxylation is 1. The highest BCUT2D eigenvalue weighted by molar-refractivity contribution is 5.42. The molecule has 2 heterocycles. The van der Waals surface area contributed by atoms with Crippen LogP contribution < -0.4 is 10.5 Å². The number of hydrogen-bond acceptors (Lipinski definition) is 4. The summed E-state index contributed by atoms with van der Waals surface area (Å²) < 4.78 is 5.65. The maximum Gasteiger partial charge on any atom is 0.138 e. The quantitative estimate of drug-likeness (QED) is 0.832. The van der Waals surface area contributed by atoms with Crippen LogP contribution in [0.2, 0.25) is 0 Å². The molecule has 3 rings (SSSR count). The molecule has 4 nitrogen and oxygen atoms in total. The number of nitrogen functional groups attached to an aromatic ring is 1. The number of nitrogens with two attached hydrogens (primary N) is 1. The van der Waals surface area contributed by atoms with Gasteiger partial charge in [-0.05, 0) is 19.4 Å². The normalized spacial score (nSPS) is 17.9. The lowest BCUT2D eigenvalue weighted by Gasteiger charge is -2.25. The summed E-state index contributed by atoms with van der Waals surface area (Å²) in [7, 11) is 0. The molecule has 18 heavy (non-hydrogen) atoms. The molecule has 92 valence electrons. The minimum atomic E-state index is 0.178. The van der Waals surface area contributed by atoms with Crippen LogP contribution in [0.4, 0.5) is 5.82 Å². The van der Waals surface area contributed by atoms with Crippen molar-refractivity contribution in [2.24, 2.45) is 0 Å². The molecule has 0 saturated heterocycles. The van der Waals surface area contributed by atoms with Crippen LogP contribution in [-0.2, 0) is 0 Å². The number of nitrogens with zero attached hydrogens (tertiary/aromatic N) is 2. The Morgan fingerprint density at radius 3 is 2.94 bits per heavy atom. The van der Waals surface area contributed by atoms with Gasteiger partial charge in [0.15, 0.2) is 0 Å². The number of benzene rings is 1. The molecule has 2 N–H and O–H groups in total. The van der Waals surface area contributed by atoms with E-state index in [-0.39, 0.29) is 5.92 Å². The number of hydrogen-bond donors (Lipinski definition) is 1. The molecule has 0 spiro atoms. The van der Waals surface area contributed by atoms with E-state index in [2.05, 4.69) is 16.0 Å². The predicted octanol–water partition coefficient (Wildman–Crippen LogP) is 2.28. The fraction of sp³-hybridized carbons (Fsp3) is 0.286. The third kappa shape index (κ3) is 1.90. The molecule has 1 aromatic carbocycles. The lowest BCUT2D eigenvalue weighted by Crippen LogP contribution is -2.18. The first-order valence-corrected chi connectivity index (χ1v) is 6.07. The zero-order chi connectivity index (χ0) is 12.5. The Kier molecular flexibility index (Phi) is 2.63. The van der Waals surface area contributed by atoms with Crippen molar-refractivity contribution in [1.82, 2.24) is 9.97 Å². The van der Waals surface area contributed by atoms with E-state index in [1.54, 1.807) is 6.07 Å². The third-order valence-electron chi connectivity index (χ3n) is 3.16. The van der Waals surface area contributed by atoms with Gasteiger partial charge in [0.2, 0.25) is 0 Å². The average molecular weight is 241 g/mol. The van der Waals surface area contributed by atoms with Gasteiger partial charge in [-0.2, -0.15) is 0 Å². The lowest BCUT2D eigenvalue weighted by atomic mass is 9.92. The Bertz CT molecular complexity index is 563. The predicted molar refractivity (Wildman–Crippen MR) is 69.6 cm³/mol. The van der Waals surface area contributed by atoms with Crippen molar-refractivity contribution in [3.05, 3.63) is 47.4 Å². The Balaban J connectivity index is 2.08. The van der Waals surface area contributed by atoms with Crippen molar-refractivity contribution in [2.45, 2.75) is 19.3 Å². The Labute approximate surface area is 106 Å². The van der Waals surface area contributed by atoms with Gasteiger partial charge in [-0.3, -0.25) is 0 Å². The smallest absolute Gasteiger partial charge is 0.138 e. The second kappa shape index (κ2) is 4.29. The molecule has 0 amide bonds. The highest BCUT2D eigenvalue weighted by Gasteiger charge is 2.25. The van der Waals surface area contributed by atoms with Gasteiger partial charge in [-0.15, -0.1) is 0 Å². The minimum absolute atomic E-state index is 0.178. The summed E-state index contributed by atoms with van der Waals surface area (Å²) in [6, 6.07) is 9.84. The van der Waals surface area contributed by atoms with Gasteiger partial charge in [0, 0.05) is 17.3 Å². The van der Waals surface area contributed by atoms with E-state index < -0.39 is 0 Å². The van der Waals surface area contributed by atoms with Gasteiger partial charge in [0.05, 0.1) is 12.5 Å². The zero-order valence-corrected chi connectivity index (χ0v) is 10.3. The van der Waals surface area contributed by atoms with E-state index in [1.165, 1.54) is 0 Å². The van der Waals surface area contributed by atoms with E-state index in [1.807, 2.05) is 25.1 Å². The highest BCUT2D eigenvalue weighted by Crippen LogP contribution is 2.36. The molecule has 0 aliphatic carbocycles. The summed E-state index contributed by atoms with van der Waals surface area (Å²) in [5.41, 5.74) is 7.85. The molecule has 1 aromatic heterocycles. The van der Waals surface area contributed by atoms with Crippen LogP contribution in [0.5, 0.6) is 5.75 Å². The number of aromatic nitrogens is 2. The Hall–Kier alpha value is -2.10. The maximum atomic E-state index is 5.80. The number of ether oxygens (including phenoxy) is 1. The molecular formula is C14H15N3O. The summed E-state index contributed by atoms with van der Waals surface area (Å²) in [6.45, 7) is 2.63. The van der Waals surface area contributed by atoms with Crippen molar-refractivity contribution in [3.8, 4) is 5.75 Å². The van der Waals surface area contributed by atoms with Crippen molar-refractivity contribution < 1.29 is 4.74 Å². The Morgan fingerprint density at radius 2 is 2.11 bits per heavy atom. The maximum absolute atomic E-state index is 5.80. The summed E-state index contributed by atoms with van der Waals surface area (Å²) in [5, 5.41) is 0. The fourth-order valence-corrected chi connectivity index (χ4v) is 2.38. The first-order chi connectivity index (χ1) is 8.74. The standard InChI is InChI=1S/C14H15N3O/c1-9-8-13(15)17-14(16-9)11-6-7-18-12-5-3-2-4-10(11)12/h2-5,8,11H,6-7H2,1H3,(H2,15,16,17). The molecule has 1 aliphatic heterocycles. The van der Waals surface area contributed by atoms with Crippen molar-refractivity contribution in [3.63, 3.8) is 0 Å². The molecule has 2 aromatic rings. The molecule has 1 atom stereocenters. The van der Waals surface area contributed by atoms with Crippen LogP contribution in [-0.4, -0.2) is 16.6 Å². The largest absolute Gasteiger partial charge is 0.493 e. The van der Waals surface area contributed by atoms with Gasteiger partial charge >= 0.3 is 0 Å². The topological polar surface area (TPSA) is 61.0 Å². The van der Waals surface area contributed by atoms with E-state index in [4.69, 9.17) is 10.5 Å². The van der Waals surface area contributed by atoms with Crippen molar-refractivity contribution >= 4 is 5.82 Å². The summed E-state index contributed by atoms with van der Waals surface area (Å²) >= 11 is 0. The first-order valence-electron chi connectivity index (χ1n) is 6.07. The number of anilines is 1. The molecule has 1 unspecified atom stereocenters. The van der Waals surface area contributed by atoms with E-state index in [9.17, 15) is 0 Å². The van der Waals surface area contributed by atoms with Crippen LogP contribution in [0.25, 0.3) is 0 Å². The highest BCUT2D eigenvalue weighted by atomic mass is 16.5. The van der Waals surface area contributed by atoms with Gasteiger partial charge in [-0.25, -0.2) is 9.97 Å². The molecular weight excluding hydrogens is 226 g/mol. The van der Waals surface area contributed by atoms with Crippen LogP contribution >= 0.6 is 0 Å². The minimum Gasteiger partial charge on any atom is -0.493 e. The second-order valence-electron chi connectivity index (χ2n) is 4.52.